The molecule has 2 atom stereocenters. The van der Waals surface area contributed by atoms with Crippen LogP contribution in [0, 0.1) is 0 Å². The molecule has 0 saturated carbocycles. The fourth-order valence-electron chi connectivity index (χ4n) is 2.94. The van der Waals surface area contributed by atoms with E-state index in [9.17, 15) is 0 Å². The first kappa shape index (κ1) is 12.4. The van der Waals surface area contributed by atoms with Crippen molar-refractivity contribution in [1.82, 2.24) is 14.9 Å². The maximum Gasteiger partial charge on any atom is 0.0951 e. The molecule has 1 aliphatic rings. The molecule has 3 heteroatoms. The summed E-state index contributed by atoms with van der Waals surface area (Å²) in [7, 11) is 0. The van der Waals surface area contributed by atoms with E-state index in [0.29, 0.717) is 12.1 Å². The molecule has 0 radical (unpaired) electrons. The van der Waals surface area contributed by atoms with Gasteiger partial charge < -0.3 is 9.88 Å². The van der Waals surface area contributed by atoms with E-state index in [2.05, 4.69) is 52.1 Å². The Labute approximate surface area is 114 Å². The van der Waals surface area contributed by atoms with Crippen molar-refractivity contribution in [2.24, 2.45) is 0 Å². The Kier molecular flexibility index (Phi) is 3.65. The van der Waals surface area contributed by atoms with Crippen molar-refractivity contribution in [2.75, 3.05) is 6.54 Å². The number of hydrogen-bond donors (Lipinski definition) is 1. The van der Waals surface area contributed by atoms with Crippen LogP contribution in [0.3, 0.4) is 0 Å². The number of nitrogens with one attached hydrogen (secondary N) is 1. The number of nitrogens with zero attached hydrogens (tertiary/aromatic N) is 2. The second kappa shape index (κ2) is 5.57. The Balaban J connectivity index is 1.76. The van der Waals surface area contributed by atoms with Gasteiger partial charge in [-0.25, -0.2) is 4.98 Å². The molecule has 1 aliphatic heterocycles. The maximum absolute atomic E-state index is 4.35. The van der Waals surface area contributed by atoms with Crippen LogP contribution < -0.4 is 5.32 Å². The average molecular weight is 255 g/mol. The molecule has 1 saturated heterocycles. The molecule has 0 spiro atoms. The zero-order valence-electron chi connectivity index (χ0n) is 11.4. The lowest BCUT2D eigenvalue weighted by Gasteiger charge is -2.20. The summed E-state index contributed by atoms with van der Waals surface area (Å²) >= 11 is 0. The van der Waals surface area contributed by atoms with E-state index in [0.717, 1.165) is 13.0 Å². The van der Waals surface area contributed by atoms with Crippen molar-refractivity contribution in [3.05, 3.63) is 54.1 Å². The molecule has 2 aromatic rings. The summed E-state index contributed by atoms with van der Waals surface area (Å²) < 4.78 is 2.33. The topological polar surface area (TPSA) is 29.9 Å². The van der Waals surface area contributed by atoms with Gasteiger partial charge in [0.1, 0.15) is 0 Å². The van der Waals surface area contributed by atoms with Crippen LogP contribution in [0.5, 0.6) is 0 Å². The average Bonchev–Trinajstić information content (AvgIpc) is 3.10. The SMILES string of the molecule is CC(Cc1ccccc1)n1cncc1[C@@H]1CCCN1. The zero-order chi connectivity index (χ0) is 13.1. The van der Waals surface area contributed by atoms with Crippen molar-refractivity contribution in [3.63, 3.8) is 0 Å². The van der Waals surface area contributed by atoms with Crippen molar-refractivity contribution < 1.29 is 0 Å². The smallest absolute Gasteiger partial charge is 0.0951 e. The number of aromatic nitrogens is 2. The van der Waals surface area contributed by atoms with Crippen LogP contribution in [0.25, 0.3) is 0 Å². The molecule has 1 aromatic carbocycles. The van der Waals surface area contributed by atoms with Crippen LogP contribution in [0.4, 0.5) is 0 Å². The van der Waals surface area contributed by atoms with Gasteiger partial charge >= 0.3 is 0 Å². The molecule has 3 rings (SSSR count). The first-order chi connectivity index (χ1) is 9.34. The molecule has 1 aromatic heterocycles. The molecule has 0 bridgehead atoms. The molecule has 1 fully saturated rings. The van der Waals surface area contributed by atoms with E-state index in [1.807, 2.05) is 12.5 Å². The number of imidazole rings is 1. The minimum absolute atomic E-state index is 0.447. The van der Waals surface area contributed by atoms with E-state index in [1.54, 1.807) is 0 Å². The van der Waals surface area contributed by atoms with E-state index in [1.165, 1.54) is 24.1 Å². The summed E-state index contributed by atoms with van der Waals surface area (Å²) in [5.74, 6) is 0. The van der Waals surface area contributed by atoms with Gasteiger partial charge in [-0.3, -0.25) is 0 Å². The van der Waals surface area contributed by atoms with Gasteiger partial charge in [0.05, 0.1) is 12.0 Å². The summed E-state index contributed by atoms with van der Waals surface area (Å²) in [4.78, 5) is 4.35. The summed E-state index contributed by atoms with van der Waals surface area (Å²) in [5, 5.41) is 3.56. The van der Waals surface area contributed by atoms with E-state index < -0.39 is 0 Å². The Morgan fingerprint density at radius 3 is 2.95 bits per heavy atom. The predicted molar refractivity (Wildman–Crippen MR) is 77.1 cm³/mol. The predicted octanol–water partition coefficient (Wildman–Crippen LogP) is 3.11. The van der Waals surface area contributed by atoms with Gasteiger partial charge in [-0.05, 0) is 38.3 Å². The van der Waals surface area contributed by atoms with Crippen molar-refractivity contribution in [1.29, 1.82) is 0 Å². The number of rotatable bonds is 4. The summed E-state index contributed by atoms with van der Waals surface area (Å²) in [6.45, 7) is 3.40. The first-order valence-corrected chi connectivity index (χ1v) is 7.13. The fraction of sp³-hybridized carbons (Fsp3) is 0.438. The molecular weight excluding hydrogens is 234 g/mol. The highest BCUT2D eigenvalue weighted by Gasteiger charge is 2.21. The van der Waals surface area contributed by atoms with E-state index >= 15 is 0 Å². The Bertz CT molecular complexity index is 512. The molecule has 0 aliphatic carbocycles. The third-order valence-electron chi connectivity index (χ3n) is 3.96. The highest BCUT2D eigenvalue weighted by atomic mass is 15.1. The molecule has 100 valence electrons. The molecule has 3 nitrogen and oxygen atoms in total. The van der Waals surface area contributed by atoms with Gasteiger partial charge in [-0.1, -0.05) is 30.3 Å². The quantitative estimate of drug-likeness (QED) is 0.909. The summed E-state index contributed by atoms with van der Waals surface area (Å²) in [6, 6.07) is 11.6. The third-order valence-corrected chi connectivity index (χ3v) is 3.96. The highest BCUT2D eigenvalue weighted by Crippen LogP contribution is 2.26. The maximum atomic E-state index is 4.35. The van der Waals surface area contributed by atoms with E-state index in [-0.39, 0.29) is 0 Å². The monoisotopic (exact) mass is 255 g/mol. The lowest BCUT2D eigenvalue weighted by atomic mass is 10.1. The van der Waals surface area contributed by atoms with Crippen molar-refractivity contribution in [3.8, 4) is 0 Å². The van der Waals surface area contributed by atoms with Gasteiger partial charge in [0.25, 0.3) is 0 Å². The Hall–Kier alpha value is -1.61. The zero-order valence-corrected chi connectivity index (χ0v) is 11.4. The highest BCUT2D eigenvalue weighted by molar-refractivity contribution is 5.16. The first-order valence-electron chi connectivity index (χ1n) is 7.13. The second-order valence-electron chi connectivity index (χ2n) is 5.41. The van der Waals surface area contributed by atoms with Crippen LogP contribution in [-0.2, 0) is 6.42 Å². The van der Waals surface area contributed by atoms with E-state index in [4.69, 9.17) is 0 Å². The largest absolute Gasteiger partial charge is 0.330 e. The van der Waals surface area contributed by atoms with Gasteiger partial charge in [-0.2, -0.15) is 0 Å². The van der Waals surface area contributed by atoms with Crippen LogP contribution in [0.15, 0.2) is 42.9 Å². The summed E-state index contributed by atoms with van der Waals surface area (Å²) in [5.41, 5.74) is 2.72. The van der Waals surface area contributed by atoms with Crippen LogP contribution in [0.1, 0.15) is 43.1 Å². The molecule has 2 heterocycles. The van der Waals surface area contributed by atoms with Gasteiger partial charge in [0, 0.05) is 18.3 Å². The number of hydrogen-bond acceptors (Lipinski definition) is 2. The van der Waals surface area contributed by atoms with Crippen LogP contribution >= 0.6 is 0 Å². The van der Waals surface area contributed by atoms with Crippen molar-refractivity contribution >= 4 is 0 Å². The lowest BCUT2D eigenvalue weighted by Crippen LogP contribution is -2.19. The van der Waals surface area contributed by atoms with Gasteiger partial charge in [0.15, 0.2) is 0 Å². The molecule has 19 heavy (non-hydrogen) atoms. The summed E-state index contributed by atoms with van der Waals surface area (Å²) in [6.07, 6.45) is 7.54. The lowest BCUT2D eigenvalue weighted by molar-refractivity contribution is 0.489. The fourth-order valence-corrected chi connectivity index (χ4v) is 2.94. The van der Waals surface area contributed by atoms with Gasteiger partial charge in [-0.15, -0.1) is 0 Å². The Morgan fingerprint density at radius 1 is 1.37 bits per heavy atom. The van der Waals surface area contributed by atoms with Crippen molar-refractivity contribution in [2.45, 2.75) is 38.3 Å². The normalized spacial score (nSPS) is 20.6. The van der Waals surface area contributed by atoms with Crippen LogP contribution in [-0.4, -0.2) is 16.1 Å². The van der Waals surface area contributed by atoms with Crippen LogP contribution in [0.2, 0.25) is 0 Å². The third kappa shape index (κ3) is 2.71. The Morgan fingerprint density at radius 2 is 2.21 bits per heavy atom. The molecule has 1 unspecified atom stereocenters. The molecular formula is C16H21N3. The second-order valence-corrected chi connectivity index (χ2v) is 5.41. The molecule has 0 amide bonds. The minimum atomic E-state index is 0.447. The molecule has 1 N–H and O–H groups in total. The number of benzene rings is 1. The van der Waals surface area contributed by atoms with Gasteiger partial charge in [0.2, 0.25) is 0 Å². The standard InChI is InChI=1S/C16H21N3/c1-13(10-14-6-3-2-4-7-14)19-12-17-11-16(19)15-8-5-9-18-15/h2-4,6-7,11-13,15,18H,5,8-10H2,1H3/t13?,15-/m0/s1. The minimum Gasteiger partial charge on any atom is -0.330 e.